The van der Waals surface area contributed by atoms with Crippen LogP contribution in [0, 0.1) is 19.8 Å². The number of carbonyl (C=O) groups is 3. The van der Waals surface area contributed by atoms with E-state index in [-0.39, 0.29) is 24.3 Å². The predicted molar refractivity (Wildman–Crippen MR) is 142 cm³/mol. The number of thioether (sulfide) groups is 1. The number of benzene rings is 2. The van der Waals surface area contributed by atoms with Crippen LogP contribution >= 0.6 is 24.0 Å². The van der Waals surface area contributed by atoms with Gasteiger partial charge in [0.25, 0.3) is 11.8 Å². The van der Waals surface area contributed by atoms with Crippen LogP contribution in [-0.2, 0) is 14.4 Å². The van der Waals surface area contributed by atoms with E-state index in [2.05, 4.69) is 19.2 Å². The standard InChI is InChI=1S/C26H27N3O3S2/c1-15(2)11-12-28-25(32)23(34-26(28)33)22-18-7-5-6-8-20(18)29(24(22)31)14-21(30)27-19-13-16(3)9-10-17(19)4/h5-10,13,15H,11-12,14H2,1-4H3,(H,27,30)/b23-22+. The van der Waals surface area contributed by atoms with Crippen molar-refractivity contribution in [2.24, 2.45) is 5.92 Å². The van der Waals surface area contributed by atoms with Crippen molar-refractivity contribution in [3.63, 3.8) is 0 Å². The number of rotatable bonds is 6. The van der Waals surface area contributed by atoms with Crippen LogP contribution < -0.4 is 10.2 Å². The Morgan fingerprint density at radius 2 is 1.79 bits per heavy atom. The fraction of sp³-hybridized carbons (Fsp3) is 0.308. The number of hydrogen-bond acceptors (Lipinski definition) is 5. The zero-order valence-corrected chi connectivity index (χ0v) is 21.3. The van der Waals surface area contributed by atoms with Crippen molar-refractivity contribution < 1.29 is 14.4 Å². The maximum Gasteiger partial charge on any atom is 0.267 e. The molecule has 0 bridgehead atoms. The Hall–Kier alpha value is -2.97. The number of carbonyl (C=O) groups excluding carboxylic acids is 3. The van der Waals surface area contributed by atoms with Crippen LogP contribution in [-0.4, -0.2) is 40.0 Å². The Labute approximate surface area is 209 Å². The van der Waals surface area contributed by atoms with Gasteiger partial charge in [-0.05, 0) is 49.4 Å². The van der Waals surface area contributed by atoms with E-state index < -0.39 is 0 Å². The van der Waals surface area contributed by atoms with E-state index in [0.29, 0.717) is 38.5 Å². The molecule has 0 aromatic heterocycles. The van der Waals surface area contributed by atoms with Crippen molar-refractivity contribution in [2.75, 3.05) is 23.3 Å². The first kappa shape index (κ1) is 24.2. The highest BCUT2D eigenvalue weighted by Crippen LogP contribution is 2.44. The number of nitrogens with one attached hydrogen (secondary N) is 1. The molecule has 2 heterocycles. The topological polar surface area (TPSA) is 69.7 Å². The molecule has 4 rings (SSSR count). The molecule has 1 N–H and O–H groups in total. The predicted octanol–water partition coefficient (Wildman–Crippen LogP) is 4.91. The summed E-state index contributed by atoms with van der Waals surface area (Å²) in [6.45, 7) is 8.43. The molecule has 2 aromatic carbocycles. The van der Waals surface area contributed by atoms with Gasteiger partial charge >= 0.3 is 0 Å². The largest absolute Gasteiger partial charge is 0.324 e. The average Bonchev–Trinajstić information content (AvgIpc) is 3.21. The number of para-hydroxylation sites is 1. The molecule has 0 unspecified atom stereocenters. The minimum atomic E-state index is -0.360. The van der Waals surface area contributed by atoms with Crippen LogP contribution in [0.3, 0.4) is 0 Å². The van der Waals surface area contributed by atoms with Crippen molar-refractivity contribution in [1.29, 1.82) is 0 Å². The molecule has 2 aliphatic rings. The lowest BCUT2D eigenvalue weighted by Gasteiger charge is -2.17. The zero-order valence-electron chi connectivity index (χ0n) is 19.7. The van der Waals surface area contributed by atoms with Crippen molar-refractivity contribution in [3.8, 4) is 0 Å². The molecular weight excluding hydrogens is 466 g/mol. The molecule has 8 heteroatoms. The number of aryl methyl sites for hydroxylation is 2. The molecule has 1 saturated heterocycles. The molecule has 0 spiro atoms. The van der Waals surface area contributed by atoms with Gasteiger partial charge in [-0.3, -0.25) is 24.2 Å². The minimum Gasteiger partial charge on any atom is -0.324 e. The van der Waals surface area contributed by atoms with Crippen molar-refractivity contribution >= 4 is 63.0 Å². The summed E-state index contributed by atoms with van der Waals surface area (Å²) in [5, 5.41) is 2.91. The number of fused-ring (bicyclic) bond motifs is 1. The Morgan fingerprint density at radius 1 is 1.06 bits per heavy atom. The third-order valence-electron chi connectivity index (χ3n) is 5.90. The van der Waals surface area contributed by atoms with E-state index in [4.69, 9.17) is 12.2 Å². The Morgan fingerprint density at radius 3 is 2.53 bits per heavy atom. The summed E-state index contributed by atoms with van der Waals surface area (Å²) in [6.07, 6.45) is 0.824. The monoisotopic (exact) mass is 493 g/mol. The number of thiocarbonyl (C=S) groups is 1. The van der Waals surface area contributed by atoms with Gasteiger partial charge < -0.3 is 5.32 Å². The molecule has 2 aromatic rings. The molecule has 0 aliphatic carbocycles. The number of nitrogens with zero attached hydrogens (tertiary/aromatic N) is 2. The van der Waals surface area contributed by atoms with Crippen LogP contribution in [0.4, 0.5) is 11.4 Å². The SMILES string of the molecule is Cc1ccc(C)c(NC(=O)CN2C(=O)/C(=C3/SC(=S)N(CCC(C)C)C3=O)c3ccccc32)c1. The zero-order chi connectivity index (χ0) is 24.6. The van der Waals surface area contributed by atoms with Gasteiger partial charge in [0.15, 0.2) is 0 Å². The molecule has 0 saturated carbocycles. The van der Waals surface area contributed by atoms with Crippen molar-refractivity contribution in [2.45, 2.75) is 34.1 Å². The highest BCUT2D eigenvalue weighted by Gasteiger charge is 2.42. The number of anilines is 2. The lowest BCUT2D eigenvalue weighted by Crippen LogP contribution is -2.36. The summed E-state index contributed by atoms with van der Waals surface area (Å²) in [6, 6.07) is 13.1. The highest BCUT2D eigenvalue weighted by atomic mass is 32.2. The van der Waals surface area contributed by atoms with Crippen molar-refractivity contribution in [3.05, 3.63) is 64.1 Å². The lowest BCUT2D eigenvalue weighted by molar-refractivity contribution is -0.122. The summed E-state index contributed by atoms with van der Waals surface area (Å²) in [7, 11) is 0. The van der Waals surface area contributed by atoms with Crippen LogP contribution in [0.2, 0.25) is 0 Å². The summed E-state index contributed by atoms with van der Waals surface area (Å²) in [5.41, 5.74) is 4.28. The smallest absolute Gasteiger partial charge is 0.267 e. The summed E-state index contributed by atoms with van der Waals surface area (Å²) in [5.74, 6) is -0.475. The third kappa shape index (κ3) is 4.65. The number of hydrogen-bond donors (Lipinski definition) is 1. The average molecular weight is 494 g/mol. The van der Waals surface area contributed by atoms with E-state index in [9.17, 15) is 14.4 Å². The highest BCUT2D eigenvalue weighted by molar-refractivity contribution is 8.26. The molecule has 1 fully saturated rings. The lowest BCUT2D eigenvalue weighted by atomic mass is 10.1. The van der Waals surface area contributed by atoms with E-state index >= 15 is 0 Å². The van der Waals surface area contributed by atoms with E-state index in [1.165, 1.54) is 4.90 Å². The molecule has 3 amide bonds. The van der Waals surface area contributed by atoms with Crippen molar-refractivity contribution in [1.82, 2.24) is 4.90 Å². The molecular formula is C26H27N3O3S2. The van der Waals surface area contributed by atoms with Crippen LogP contribution in [0.25, 0.3) is 5.57 Å². The quantitative estimate of drug-likeness (QED) is 0.458. The van der Waals surface area contributed by atoms with Crippen LogP contribution in [0.1, 0.15) is 37.0 Å². The molecule has 0 radical (unpaired) electrons. The first-order valence-corrected chi connectivity index (χ1v) is 12.5. The van der Waals surface area contributed by atoms with Gasteiger partial charge in [0.2, 0.25) is 5.91 Å². The van der Waals surface area contributed by atoms with Gasteiger partial charge in [0.05, 0.1) is 16.2 Å². The fourth-order valence-corrected chi connectivity index (χ4v) is 5.37. The van der Waals surface area contributed by atoms with Crippen LogP contribution in [0.15, 0.2) is 47.4 Å². The van der Waals surface area contributed by atoms with Gasteiger partial charge in [-0.15, -0.1) is 0 Å². The van der Waals surface area contributed by atoms with Gasteiger partial charge in [-0.25, -0.2) is 0 Å². The Balaban J connectivity index is 1.62. The minimum absolute atomic E-state index is 0.152. The second kappa shape index (κ2) is 9.72. The maximum atomic E-state index is 13.5. The van der Waals surface area contributed by atoms with E-state index in [0.717, 1.165) is 35.0 Å². The molecule has 176 valence electrons. The second-order valence-electron chi connectivity index (χ2n) is 8.99. The maximum absolute atomic E-state index is 13.5. The Kier molecular flexibility index (Phi) is 6.91. The van der Waals surface area contributed by atoms with Gasteiger partial charge in [-0.2, -0.15) is 0 Å². The fourth-order valence-electron chi connectivity index (χ4n) is 3.99. The molecule has 34 heavy (non-hydrogen) atoms. The summed E-state index contributed by atoms with van der Waals surface area (Å²) in [4.78, 5) is 43.0. The second-order valence-corrected chi connectivity index (χ2v) is 10.6. The van der Waals surface area contributed by atoms with E-state index in [1.54, 1.807) is 11.0 Å². The number of amides is 3. The summed E-state index contributed by atoms with van der Waals surface area (Å²) >= 11 is 6.62. The first-order chi connectivity index (χ1) is 16.2. The van der Waals surface area contributed by atoms with Gasteiger partial charge in [0.1, 0.15) is 10.9 Å². The first-order valence-electron chi connectivity index (χ1n) is 11.2. The Bertz CT molecular complexity index is 1240. The molecule has 2 aliphatic heterocycles. The van der Waals surface area contributed by atoms with Gasteiger partial charge in [0, 0.05) is 17.8 Å². The van der Waals surface area contributed by atoms with Gasteiger partial charge in [-0.1, -0.05) is 68.2 Å². The van der Waals surface area contributed by atoms with Crippen LogP contribution in [0.5, 0.6) is 0 Å². The third-order valence-corrected chi connectivity index (χ3v) is 7.35. The normalized spacial score (nSPS) is 17.7. The molecule has 6 nitrogen and oxygen atoms in total. The molecule has 0 atom stereocenters. The van der Waals surface area contributed by atoms with E-state index in [1.807, 2.05) is 50.2 Å². The summed E-state index contributed by atoms with van der Waals surface area (Å²) < 4.78 is 0.463.